The van der Waals surface area contributed by atoms with Crippen LogP contribution in [-0.2, 0) is 5.41 Å². The SMILES string of the molecule is Cc1cccc(-n2c3cccc4c5cc(C(C)(C)C)ccc5c5nccc2c5c43)c1. The van der Waals surface area contributed by atoms with Crippen molar-refractivity contribution in [2.75, 3.05) is 0 Å². The molecule has 0 aliphatic heterocycles. The summed E-state index contributed by atoms with van der Waals surface area (Å²) in [6, 6.07) is 24.5. The van der Waals surface area contributed by atoms with E-state index >= 15 is 0 Å². The molecule has 0 aliphatic rings. The summed E-state index contributed by atoms with van der Waals surface area (Å²) in [6.45, 7) is 8.97. The van der Waals surface area contributed by atoms with Gasteiger partial charge in [0.1, 0.15) is 0 Å². The van der Waals surface area contributed by atoms with E-state index in [-0.39, 0.29) is 5.41 Å². The highest BCUT2D eigenvalue weighted by Crippen LogP contribution is 2.43. The van der Waals surface area contributed by atoms with Gasteiger partial charge in [0.15, 0.2) is 0 Å². The topological polar surface area (TPSA) is 17.8 Å². The fourth-order valence-corrected chi connectivity index (χ4v) is 4.92. The second-order valence-corrected chi connectivity index (χ2v) is 9.44. The molecule has 2 heteroatoms. The summed E-state index contributed by atoms with van der Waals surface area (Å²) in [7, 11) is 0. The average Bonchev–Trinajstić information content (AvgIpc) is 3.07. The summed E-state index contributed by atoms with van der Waals surface area (Å²) >= 11 is 0. The fraction of sp³-hybridized carbons (Fsp3) is 0.179. The maximum atomic E-state index is 4.86. The van der Waals surface area contributed by atoms with Gasteiger partial charge in [0.05, 0.1) is 16.6 Å². The van der Waals surface area contributed by atoms with E-state index in [0.29, 0.717) is 0 Å². The first-order chi connectivity index (χ1) is 14.4. The Labute approximate surface area is 176 Å². The summed E-state index contributed by atoms with van der Waals surface area (Å²) in [4.78, 5) is 4.86. The number of hydrogen-bond acceptors (Lipinski definition) is 1. The van der Waals surface area contributed by atoms with Gasteiger partial charge < -0.3 is 4.57 Å². The fourth-order valence-electron chi connectivity index (χ4n) is 4.92. The van der Waals surface area contributed by atoms with Crippen LogP contribution in [0.3, 0.4) is 0 Å². The Morgan fingerprint density at radius 3 is 2.33 bits per heavy atom. The molecular weight excluding hydrogens is 364 g/mol. The number of aryl methyl sites for hydroxylation is 1. The van der Waals surface area contributed by atoms with Gasteiger partial charge in [0, 0.05) is 28.0 Å². The number of hydrogen-bond donors (Lipinski definition) is 0. The van der Waals surface area contributed by atoms with Gasteiger partial charge in [-0.1, -0.05) is 57.2 Å². The molecule has 2 aromatic heterocycles. The second kappa shape index (κ2) is 5.82. The van der Waals surface area contributed by atoms with Gasteiger partial charge in [-0.05, 0) is 64.6 Å². The molecule has 4 aromatic carbocycles. The lowest BCUT2D eigenvalue weighted by Gasteiger charge is -2.20. The summed E-state index contributed by atoms with van der Waals surface area (Å²) in [6.07, 6.45) is 1.95. The van der Waals surface area contributed by atoms with E-state index in [1.165, 1.54) is 54.8 Å². The van der Waals surface area contributed by atoms with Crippen LogP contribution in [0.1, 0.15) is 31.9 Å². The number of nitrogens with zero attached hydrogens (tertiary/aromatic N) is 2. The molecule has 0 spiro atoms. The third kappa shape index (κ3) is 2.28. The lowest BCUT2D eigenvalue weighted by Crippen LogP contribution is -2.10. The molecule has 0 saturated carbocycles. The van der Waals surface area contributed by atoms with E-state index in [0.717, 1.165) is 5.52 Å². The van der Waals surface area contributed by atoms with E-state index in [2.05, 4.69) is 99.0 Å². The molecule has 2 nitrogen and oxygen atoms in total. The normalized spacial score (nSPS) is 12.7. The van der Waals surface area contributed by atoms with Crippen LogP contribution in [-0.4, -0.2) is 9.55 Å². The molecule has 30 heavy (non-hydrogen) atoms. The second-order valence-electron chi connectivity index (χ2n) is 9.44. The number of rotatable bonds is 1. The summed E-state index contributed by atoms with van der Waals surface area (Å²) in [5.74, 6) is 0. The van der Waals surface area contributed by atoms with Crippen molar-refractivity contribution in [1.29, 1.82) is 0 Å². The Kier molecular flexibility index (Phi) is 3.39. The van der Waals surface area contributed by atoms with Crippen LogP contribution >= 0.6 is 0 Å². The summed E-state index contributed by atoms with van der Waals surface area (Å²) < 4.78 is 2.39. The predicted molar refractivity (Wildman–Crippen MR) is 128 cm³/mol. The molecule has 0 bridgehead atoms. The highest BCUT2D eigenvalue weighted by atomic mass is 15.0. The summed E-state index contributed by atoms with van der Waals surface area (Å²) in [5, 5.41) is 6.42. The highest BCUT2D eigenvalue weighted by molar-refractivity contribution is 6.33. The van der Waals surface area contributed by atoms with Gasteiger partial charge in [-0.2, -0.15) is 0 Å². The lowest BCUT2D eigenvalue weighted by molar-refractivity contribution is 0.591. The minimum Gasteiger partial charge on any atom is -0.309 e. The maximum Gasteiger partial charge on any atom is 0.0808 e. The number of pyridine rings is 1. The number of benzene rings is 4. The molecule has 0 unspecified atom stereocenters. The zero-order valence-electron chi connectivity index (χ0n) is 17.8. The average molecular weight is 389 g/mol. The van der Waals surface area contributed by atoms with Crippen LogP contribution in [0.4, 0.5) is 0 Å². The van der Waals surface area contributed by atoms with E-state index in [1.807, 2.05) is 6.20 Å². The van der Waals surface area contributed by atoms with Gasteiger partial charge in [-0.3, -0.25) is 4.98 Å². The van der Waals surface area contributed by atoms with Crippen LogP contribution < -0.4 is 0 Å². The standard InChI is InChI=1S/C28H24N2/c1-17-7-5-8-19(15-17)30-23-10-6-9-20-22-16-18(28(2,3)4)11-12-21(22)27-26(25(20)23)24(30)13-14-29-27/h5-16H,1-4H3. The Bertz CT molecular complexity index is 1580. The maximum absolute atomic E-state index is 4.86. The van der Waals surface area contributed by atoms with Gasteiger partial charge in [0.2, 0.25) is 0 Å². The molecule has 146 valence electrons. The predicted octanol–water partition coefficient (Wildman–Crippen LogP) is 7.53. The first kappa shape index (κ1) is 17.5. The van der Waals surface area contributed by atoms with E-state index < -0.39 is 0 Å². The molecule has 0 N–H and O–H groups in total. The van der Waals surface area contributed by atoms with Gasteiger partial charge >= 0.3 is 0 Å². The molecule has 0 aliphatic carbocycles. The smallest absolute Gasteiger partial charge is 0.0808 e. The zero-order valence-corrected chi connectivity index (χ0v) is 17.8. The molecule has 0 amide bonds. The first-order valence-corrected chi connectivity index (χ1v) is 10.6. The quantitative estimate of drug-likeness (QED) is 0.266. The largest absolute Gasteiger partial charge is 0.309 e. The van der Waals surface area contributed by atoms with Crippen molar-refractivity contribution in [2.24, 2.45) is 0 Å². The van der Waals surface area contributed by atoms with E-state index in [1.54, 1.807) is 0 Å². The molecule has 6 aromatic rings. The lowest BCUT2D eigenvalue weighted by atomic mass is 9.84. The molecule has 0 saturated heterocycles. The van der Waals surface area contributed by atoms with Crippen molar-refractivity contribution < 1.29 is 0 Å². The molecule has 6 rings (SSSR count). The van der Waals surface area contributed by atoms with Crippen LogP contribution in [0.25, 0.3) is 49.2 Å². The number of aromatic nitrogens is 2. The Morgan fingerprint density at radius 1 is 0.733 bits per heavy atom. The highest BCUT2D eigenvalue weighted by Gasteiger charge is 2.21. The van der Waals surface area contributed by atoms with Crippen molar-refractivity contribution in [2.45, 2.75) is 33.1 Å². The summed E-state index contributed by atoms with van der Waals surface area (Å²) in [5.41, 5.74) is 7.49. The van der Waals surface area contributed by atoms with Crippen molar-refractivity contribution in [3.05, 3.63) is 84.1 Å². The van der Waals surface area contributed by atoms with Crippen LogP contribution in [0.2, 0.25) is 0 Å². The monoisotopic (exact) mass is 388 g/mol. The minimum absolute atomic E-state index is 0.107. The van der Waals surface area contributed by atoms with Crippen molar-refractivity contribution >= 4 is 43.5 Å². The Balaban J connectivity index is 1.87. The third-order valence-corrected chi connectivity index (χ3v) is 6.39. The van der Waals surface area contributed by atoms with E-state index in [4.69, 9.17) is 4.98 Å². The molecule has 0 radical (unpaired) electrons. The van der Waals surface area contributed by atoms with Crippen molar-refractivity contribution in [3.63, 3.8) is 0 Å². The van der Waals surface area contributed by atoms with Crippen molar-refractivity contribution in [3.8, 4) is 5.69 Å². The van der Waals surface area contributed by atoms with Gasteiger partial charge in [0.25, 0.3) is 0 Å². The number of fused-ring (bicyclic) bond motifs is 3. The van der Waals surface area contributed by atoms with Crippen molar-refractivity contribution in [1.82, 2.24) is 9.55 Å². The van der Waals surface area contributed by atoms with Crippen LogP contribution in [0.15, 0.2) is 72.9 Å². The minimum atomic E-state index is 0.107. The van der Waals surface area contributed by atoms with Gasteiger partial charge in [-0.25, -0.2) is 0 Å². The van der Waals surface area contributed by atoms with Crippen LogP contribution in [0.5, 0.6) is 0 Å². The zero-order chi connectivity index (χ0) is 20.6. The molecule has 2 heterocycles. The van der Waals surface area contributed by atoms with Gasteiger partial charge in [-0.15, -0.1) is 0 Å². The third-order valence-electron chi connectivity index (χ3n) is 6.39. The molecular formula is C28H24N2. The van der Waals surface area contributed by atoms with E-state index in [9.17, 15) is 0 Å². The molecule has 0 fully saturated rings. The Morgan fingerprint density at radius 2 is 1.53 bits per heavy atom. The first-order valence-electron chi connectivity index (χ1n) is 10.6. The Hall–Kier alpha value is -3.39. The van der Waals surface area contributed by atoms with Crippen LogP contribution in [0, 0.1) is 6.92 Å². The molecule has 0 atom stereocenters.